The third-order valence-corrected chi connectivity index (χ3v) is 4.59. The Labute approximate surface area is 130 Å². The van der Waals surface area contributed by atoms with E-state index in [2.05, 4.69) is 100 Å². The van der Waals surface area contributed by atoms with Crippen LogP contribution in [0.3, 0.4) is 0 Å². The maximum Gasteiger partial charge on any atom is 0.0485 e. The Morgan fingerprint density at radius 2 is 1.78 bits per heavy atom. The van der Waals surface area contributed by atoms with E-state index in [1.165, 1.54) is 20.4 Å². The van der Waals surface area contributed by atoms with E-state index in [-0.39, 0.29) is 0 Å². The molecule has 0 aromatic heterocycles. The highest BCUT2D eigenvalue weighted by molar-refractivity contribution is 14.1. The molecule has 0 bridgehead atoms. The van der Waals surface area contributed by atoms with Gasteiger partial charge in [0, 0.05) is 19.8 Å². The Morgan fingerprint density at radius 1 is 1.11 bits per heavy atom. The highest BCUT2D eigenvalue weighted by Gasteiger charge is 2.07. The molecule has 1 unspecified atom stereocenters. The Hall–Kier alpha value is -0.550. The predicted octanol–water partition coefficient (Wildman–Crippen LogP) is 5.54. The van der Waals surface area contributed by atoms with Gasteiger partial charge in [0.15, 0.2) is 0 Å². The van der Waals surface area contributed by atoms with Crippen molar-refractivity contribution >= 4 is 44.2 Å². The molecule has 1 atom stereocenters. The SMILES string of the molecule is Cc1c(Br)cccc1NC(C)c1ccc(I)cc1. The molecule has 0 aliphatic carbocycles. The number of anilines is 1. The molecule has 2 rings (SSSR count). The highest BCUT2D eigenvalue weighted by atomic mass is 127. The molecule has 3 heteroatoms. The van der Waals surface area contributed by atoms with Crippen LogP contribution < -0.4 is 5.32 Å². The lowest BCUT2D eigenvalue weighted by molar-refractivity contribution is 0.882. The summed E-state index contributed by atoms with van der Waals surface area (Å²) in [5, 5.41) is 3.55. The fourth-order valence-corrected chi connectivity index (χ4v) is 2.56. The first kappa shape index (κ1) is 13.9. The summed E-state index contributed by atoms with van der Waals surface area (Å²) in [5.74, 6) is 0. The minimum Gasteiger partial charge on any atom is -0.378 e. The first-order chi connectivity index (χ1) is 8.58. The summed E-state index contributed by atoms with van der Waals surface area (Å²) >= 11 is 5.89. The minimum atomic E-state index is 0.301. The second-order valence-electron chi connectivity index (χ2n) is 4.33. The average molecular weight is 416 g/mol. The number of benzene rings is 2. The van der Waals surface area contributed by atoms with E-state index in [0.717, 1.165) is 4.47 Å². The Balaban J connectivity index is 2.18. The molecule has 0 aliphatic heterocycles. The van der Waals surface area contributed by atoms with Crippen LogP contribution in [0.2, 0.25) is 0 Å². The Kier molecular flexibility index (Phi) is 4.67. The molecule has 1 nitrogen and oxygen atoms in total. The van der Waals surface area contributed by atoms with Crippen LogP contribution in [0.5, 0.6) is 0 Å². The molecule has 0 radical (unpaired) electrons. The molecule has 1 N–H and O–H groups in total. The number of rotatable bonds is 3. The van der Waals surface area contributed by atoms with Gasteiger partial charge >= 0.3 is 0 Å². The molecule has 0 amide bonds. The summed E-state index contributed by atoms with van der Waals surface area (Å²) in [7, 11) is 0. The number of halogens is 2. The summed E-state index contributed by atoms with van der Waals surface area (Å²) in [6, 6.07) is 15.2. The van der Waals surface area contributed by atoms with Gasteiger partial charge in [0.2, 0.25) is 0 Å². The van der Waals surface area contributed by atoms with Crippen LogP contribution in [-0.2, 0) is 0 Å². The molecule has 94 valence electrons. The van der Waals surface area contributed by atoms with Crippen molar-refractivity contribution in [2.45, 2.75) is 19.9 Å². The molecule has 0 spiro atoms. The normalized spacial score (nSPS) is 12.2. The summed E-state index contributed by atoms with van der Waals surface area (Å²) in [6.45, 7) is 4.30. The zero-order chi connectivity index (χ0) is 13.1. The monoisotopic (exact) mass is 415 g/mol. The largest absolute Gasteiger partial charge is 0.378 e. The first-order valence-electron chi connectivity index (χ1n) is 5.85. The van der Waals surface area contributed by atoms with Gasteiger partial charge in [-0.25, -0.2) is 0 Å². The fourth-order valence-electron chi connectivity index (χ4n) is 1.83. The van der Waals surface area contributed by atoms with Gasteiger partial charge in [0.05, 0.1) is 0 Å². The smallest absolute Gasteiger partial charge is 0.0485 e. The summed E-state index contributed by atoms with van der Waals surface area (Å²) in [4.78, 5) is 0. The van der Waals surface area contributed by atoms with Crippen molar-refractivity contribution < 1.29 is 0 Å². The zero-order valence-electron chi connectivity index (χ0n) is 10.4. The number of hydrogen-bond acceptors (Lipinski definition) is 1. The minimum absolute atomic E-state index is 0.301. The van der Waals surface area contributed by atoms with Crippen LogP contribution in [0.4, 0.5) is 5.69 Å². The molecule has 2 aromatic carbocycles. The van der Waals surface area contributed by atoms with E-state index < -0.39 is 0 Å². The molecule has 0 saturated carbocycles. The van der Waals surface area contributed by atoms with Crippen molar-refractivity contribution in [1.82, 2.24) is 0 Å². The van der Waals surface area contributed by atoms with Crippen molar-refractivity contribution in [3.63, 3.8) is 0 Å². The van der Waals surface area contributed by atoms with Crippen LogP contribution in [0.1, 0.15) is 24.1 Å². The first-order valence-corrected chi connectivity index (χ1v) is 7.72. The molecule has 18 heavy (non-hydrogen) atoms. The third-order valence-electron chi connectivity index (χ3n) is 3.01. The van der Waals surface area contributed by atoms with Crippen LogP contribution >= 0.6 is 38.5 Å². The molecule has 0 fully saturated rings. The second-order valence-corrected chi connectivity index (χ2v) is 6.43. The zero-order valence-corrected chi connectivity index (χ0v) is 14.1. The van der Waals surface area contributed by atoms with E-state index in [1.54, 1.807) is 0 Å². The van der Waals surface area contributed by atoms with E-state index >= 15 is 0 Å². The Bertz CT molecular complexity index is 537. The summed E-state index contributed by atoms with van der Waals surface area (Å²) < 4.78 is 2.41. The molecule has 0 heterocycles. The standard InChI is InChI=1S/C15H15BrIN/c1-10-14(16)4-3-5-15(10)18-11(2)12-6-8-13(17)9-7-12/h3-9,11,18H,1-2H3. The fraction of sp³-hybridized carbons (Fsp3) is 0.200. The quantitative estimate of drug-likeness (QED) is 0.649. The lowest BCUT2D eigenvalue weighted by Crippen LogP contribution is -2.07. The van der Waals surface area contributed by atoms with Gasteiger partial charge < -0.3 is 5.32 Å². The van der Waals surface area contributed by atoms with Crippen molar-refractivity contribution in [2.24, 2.45) is 0 Å². The number of nitrogens with one attached hydrogen (secondary N) is 1. The molecular formula is C15H15BrIN. The van der Waals surface area contributed by atoms with E-state index in [4.69, 9.17) is 0 Å². The molecule has 0 aliphatic rings. The maximum absolute atomic E-state index is 3.56. The van der Waals surface area contributed by atoms with Crippen molar-refractivity contribution in [1.29, 1.82) is 0 Å². The second kappa shape index (κ2) is 6.06. The van der Waals surface area contributed by atoms with Crippen LogP contribution in [0, 0.1) is 10.5 Å². The van der Waals surface area contributed by atoms with Crippen LogP contribution in [-0.4, -0.2) is 0 Å². The van der Waals surface area contributed by atoms with Gasteiger partial charge in [-0.15, -0.1) is 0 Å². The topological polar surface area (TPSA) is 12.0 Å². The van der Waals surface area contributed by atoms with Crippen LogP contribution in [0.15, 0.2) is 46.9 Å². The van der Waals surface area contributed by atoms with E-state index in [9.17, 15) is 0 Å². The lowest BCUT2D eigenvalue weighted by Gasteiger charge is -2.18. The number of hydrogen-bond donors (Lipinski definition) is 1. The molecule has 2 aromatic rings. The van der Waals surface area contributed by atoms with Gasteiger partial charge in [-0.05, 0) is 71.8 Å². The van der Waals surface area contributed by atoms with Gasteiger partial charge in [0.1, 0.15) is 0 Å². The summed E-state index contributed by atoms with van der Waals surface area (Å²) in [5.41, 5.74) is 3.72. The molecule has 0 saturated heterocycles. The highest BCUT2D eigenvalue weighted by Crippen LogP contribution is 2.27. The van der Waals surface area contributed by atoms with Gasteiger partial charge in [0.25, 0.3) is 0 Å². The van der Waals surface area contributed by atoms with Crippen LogP contribution in [0.25, 0.3) is 0 Å². The van der Waals surface area contributed by atoms with Gasteiger partial charge in [-0.3, -0.25) is 0 Å². The lowest BCUT2D eigenvalue weighted by atomic mass is 10.1. The predicted molar refractivity (Wildman–Crippen MR) is 90.1 cm³/mol. The van der Waals surface area contributed by atoms with Gasteiger partial charge in [-0.2, -0.15) is 0 Å². The maximum atomic E-state index is 3.56. The average Bonchev–Trinajstić information content (AvgIpc) is 2.36. The van der Waals surface area contributed by atoms with Crippen molar-refractivity contribution in [2.75, 3.05) is 5.32 Å². The van der Waals surface area contributed by atoms with Crippen molar-refractivity contribution in [3.8, 4) is 0 Å². The third kappa shape index (κ3) is 3.26. The molecular weight excluding hydrogens is 401 g/mol. The van der Waals surface area contributed by atoms with Gasteiger partial charge in [-0.1, -0.05) is 34.1 Å². The van der Waals surface area contributed by atoms with E-state index in [1.807, 2.05) is 0 Å². The van der Waals surface area contributed by atoms with E-state index in [0.29, 0.717) is 6.04 Å². The Morgan fingerprint density at radius 3 is 2.44 bits per heavy atom. The summed E-state index contributed by atoms with van der Waals surface area (Å²) in [6.07, 6.45) is 0. The van der Waals surface area contributed by atoms with Crippen molar-refractivity contribution in [3.05, 3.63) is 61.6 Å².